The van der Waals surface area contributed by atoms with Crippen molar-refractivity contribution in [3.05, 3.63) is 51.3 Å². The lowest BCUT2D eigenvalue weighted by Crippen LogP contribution is -2.31. The first-order valence-corrected chi connectivity index (χ1v) is 7.09. The largest absolute Gasteiger partial charge is 0.478 e. The zero-order valence-corrected chi connectivity index (χ0v) is 12.4. The number of rotatable bonds is 2. The molecule has 0 bridgehead atoms. The second kappa shape index (κ2) is 5.50. The van der Waals surface area contributed by atoms with Crippen LogP contribution in [0.1, 0.15) is 21.5 Å². The topological polar surface area (TPSA) is 66.3 Å². The zero-order chi connectivity index (χ0) is 15.0. The van der Waals surface area contributed by atoms with Gasteiger partial charge < -0.3 is 10.0 Å². The van der Waals surface area contributed by atoms with Crippen LogP contribution in [0.4, 0.5) is 5.69 Å². The highest BCUT2D eigenvalue weighted by Gasteiger charge is 2.20. The minimum absolute atomic E-state index is 0.277. The molecule has 2 aromatic rings. The van der Waals surface area contributed by atoms with Gasteiger partial charge in [0.1, 0.15) is 0 Å². The smallest absolute Gasteiger partial charge is 0.335 e. The van der Waals surface area contributed by atoms with Crippen molar-refractivity contribution >= 4 is 34.9 Å². The lowest BCUT2D eigenvalue weighted by molar-refractivity contribution is 0.0696. The van der Waals surface area contributed by atoms with Crippen molar-refractivity contribution in [2.45, 2.75) is 13.0 Å². The molecule has 1 N–H and O–H groups in total. The molecule has 1 aromatic carbocycles. The number of aromatic nitrogens is 2. The molecule has 108 valence electrons. The van der Waals surface area contributed by atoms with Gasteiger partial charge in [-0.25, -0.2) is 4.79 Å². The number of anilines is 1. The van der Waals surface area contributed by atoms with Crippen LogP contribution < -0.4 is 4.90 Å². The summed E-state index contributed by atoms with van der Waals surface area (Å²) in [7, 11) is 0. The van der Waals surface area contributed by atoms with Crippen molar-refractivity contribution in [1.82, 2.24) is 10.2 Å². The van der Waals surface area contributed by atoms with Crippen molar-refractivity contribution in [2.24, 2.45) is 0 Å². The van der Waals surface area contributed by atoms with E-state index in [4.69, 9.17) is 28.3 Å². The molecule has 3 rings (SSSR count). The van der Waals surface area contributed by atoms with Gasteiger partial charge in [0.15, 0.2) is 10.3 Å². The number of halogens is 2. The summed E-state index contributed by atoms with van der Waals surface area (Å²) in [5.74, 6) is -0.929. The number of carboxylic acid groups (broad SMARTS) is 1. The molecule has 0 aliphatic carbocycles. The predicted octanol–water partition coefficient (Wildman–Crippen LogP) is 3.04. The van der Waals surface area contributed by atoms with Gasteiger partial charge in [0.05, 0.1) is 11.3 Å². The summed E-state index contributed by atoms with van der Waals surface area (Å²) >= 11 is 11.9. The Morgan fingerprint density at radius 2 is 2.00 bits per heavy atom. The average molecular weight is 324 g/mol. The summed E-state index contributed by atoms with van der Waals surface area (Å²) in [5, 5.41) is 17.1. The normalized spacial score (nSPS) is 13.9. The number of hydrogen-bond donors (Lipinski definition) is 1. The lowest BCUT2D eigenvalue weighted by Gasteiger charge is -2.31. The summed E-state index contributed by atoms with van der Waals surface area (Å²) in [5.41, 5.74) is 3.13. The second-order valence-electron chi connectivity index (χ2n) is 4.80. The molecule has 0 spiro atoms. The zero-order valence-electron chi connectivity index (χ0n) is 10.9. The second-order valence-corrected chi connectivity index (χ2v) is 5.55. The number of aromatic carboxylic acids is 1. The minimum atomic E-state index is -0.929. The van der Waals surface area contributed by atoms with Crippen LogP contribution in [0.25, 0.3) is 0 Å². The van der Waals surface area contributed by atoms with Crippen LogP contribution in [-0.4, -0.2) is 27.8 Å². The minimum Gasteiger partial charge on any atom is -0.478 e. The van der Waals surface area contributed by atoms with Crippen molar-refractivity contribution in [2.75, 3.05) is 11.4 Å². The number of carboxylic acids is 1. The number of benzene rings is 1. The molecule has 2 heterocycles. The Bertz CT molecular complexity index is 721. The van der Waals surface area contributed by atoms with Crippen LogP contribution >= 0.6 is 23.2 Å². The summed E-state index contributed by atoms with van der Waals surface area (Å²) < 4.78 is 0. The Morgan fingerprint density at radius 3 is 2.76 bits per heavy atom. The Morgan fingerprint density at radius 1 is 1.19 bits per heavy atom. The number of fused-ring (bicyclic) bond motifs is 1. The van der Waals surface area contributed by atoms with Crippen molar-refractivity contribution in [1.29, 1.82) is 0 Å². The molecule has 0 atom stereocenters. The first kappa shape index (κ1) is 14.1. The molecule has 0 unspecified atom stereocenters. The maximum atomic E-state index is 11.1. The van der Waals surface area contributed by atoms with E-state index in [-0.39, 0.29) is 15.9 Å². The van der Waals surface area contributed by atoms with E-state index >= 15 is 0 Å². The van der Waals surface area contributed by atoms with Crippen molar-refractivity contribution in [3.8, 4) is 0 Å². The molecule has 0 saturated heterocycles. The van der Waals surface area contributed by atoms with Gasteiger partial charge in [-0.1, -0.05) is 29.3 Å². The van der Waals surface area contributed by atoms with E-state index in [9.17, 15) is 4.79 Å². The first-order valence-electron chi connectivity index (χ1n) is 6.33. The fourth-order valence-electron chi connectivity index (χ4n) is 2.46. The Labute approximate surface area is 131 Å². The van der Waals surface area contributed by atoms with E-state index in [2.05, 4.69) is 10.2 Å². The van der Waals surface area contributed by atoms with E-state index in [0.29, 0.717) is 12.2 Å². The van der Waals surface area contributed by atoms with E-state index in [1.165, 1.54) is 0 Å². The number of hydrogen-bond acceptors (Lipinski definition) is 4. The highest BCUT2D eigenvalue weighted by molar-refractivity contribution is 6.33. The van der Waals surface area contributed by atoms with Crippen LogP contribution in [0.5, 0.6) is 0 Å². The van der Waals surface area contributed by atoms with Gasteiger partial charge >= 0.3 is 5.97 Å². The fraction of sp³-hybridized carbons (Fsp3) is 0.214. The van der Waals surface area contributed by atoms with Crippen molar-refractivity contribution < 1.29 is 9.90 Å². The van der Waals surface area contributed by atoms with E-state index in [0.717, 1.165) is 24.1 Å². The van der Waals surface area contributed by atoms with Gasteiger partial charge in [-0.2, -0.15) is 0 Å². The third-order valence-corrected chi connectivity index (χ3v) is 3.96. The Kier molecular flexibility index (Phi) is 3.69. The maximum absolute atomic E-state index is 11.1. The molecule has 7 heteroatoms. The standard InChI is InChI=1S/C14H11Cl2N3O2/c15-12-6-11(13(16)18-17-12)19-4-3-8-1-2-9(14(20)21)5-10(8)7-19/h1-2,5-6H,3-4,7H2,(H,20,21). The van der Waals surface area contributed by atoms with Crippen LogP contribution in [0.3, 0.4) is 0 Å². The van der Waals surface area contributed by atoms with Gasteiger partial charge in [0, 0.05) is 19.2 Å². The third-order valence-electron chi connectivity index (χ3n) is 3.51. The maximum Gasteiger partial charge on any atom is 0.335 e. The van der Waals surface area contributed by atoms with E-state index in [1.807, 2.05) is 11.0 Å². The van der Waals surface area contributed by atoms with Gasteiger partial charge in [0.2, 0.25) is 0 Å². The molecule has 0 amide bonds. The Balaban J connectivity index is 1.94. The molecule has 5 nitrogen and oxygen atoms in total. The van der Waals surface area contributed by atoms with Crippen LogP contribution in [-0.2, 0) is 13.0 Å². The molecule has 0 saturated carbocycles. The van der Waals surface area contributed by atoms with Gasteiger partial charge in [-0.05, 0) is 29.7 Å². The molecule has 1 aliphatic heterocycles. The van der Waals surface area contributed by atoms with Gasteiger partial charge in [-0.3, -0.25) is 0 Å². The summed E-state index contributed by atoms with van der Waals surface area (Å²) in [6, 6.07) is 6.88. The van der Waals surface area contributed by atoms with E-state index < -0.39 is 5.97 Å². The van der Waals surface area contributed by atoms with Gasteiger partial charge in [0.25, 0.3) is 0 Å². The lowest BCUT2D eigenvalue weighted by atomic mass is 9.97. The third kappa shape index (κ3) is 2.80. The average Bonchev–Trinajstić information content (AvgIpc) is 2.48. The molecule has 0 fully saturated rings. The van der Waals surface area contributed by atoms with Crippen LogP contribution in [0, 0.1) is 0 Å². The predicted molar refractivity (Wildman–Crippen MR) is 80.2 cm³/mol. The Hall–Kier alpha value is -1.85. The highest BCUT2D eigenvalue weighted by Crippen LogP contribution is 2.30. The monoisotopic (exact) mass is 323 g/mol. The number of carbonyl (C=O) groups is 1. The molecule has 1 aromatic heterocycles. The fourth-order valence-corrected chi connectivity index (χ4v) is 2.81. The summed E-state index contributed by atoms with van der Waals surface area (Å²) in [6.07, 6.45) is 0.811. The first-order chi connectivity index (χ1) is 10.0. The van der Waals surface area contributed by atoms with Crippen LogP contribution in [0.15, 0.2) is 24.3 Å². The SMILES string of the molecule is O=C(O)c1ccc2c(c1)CN(c1cc(Cl)nnc1Cl)CC2. The van der Waals surface area contributed by atoms with Crippen LogP contribution in [0.2, 0.25) is 10.3 Å². The van der Waals surface area contributed by atoms with Gasteiger partial charge in [-0.15, -0.1) is 10.2 Å². The number of nitrogens with zero attached hydrogens (tertiary/aromatic N) is 3. The highest BCUT2D eigenvalue weighted by atomic mass is 35.5. The molecule has 21 heavy (non-hydrogen) atoms. The summed E-state index contributed by atoms with van der Waals surface area (Å²) in [6.45, 7) is 1.33. The summed E-state index contributed by atoms with van der Waals surface area (Å²) in [4.78, 5) is 13.1. The van der Waals surface area contributed by atoms with E-state index in [1.54, 1.807) is 18.2 Å². The quantitative estimate of drug-likeness (QED) is 0.920. The molecular weight excluding hydrogens is 313 g/mol. The molecule has 0 radical (unpaired) electrons. The van der Waals surface area contributed by atoms with Crippen molar-refractivity contribution in [3.63, 3.8) is 0 Å². The molecular formula is C14H11Cl2N3O2. The molecule has 1 aliphatic rings.